The number of aliphatic hydroxyl groups excluding tert-OH is 1. The van der Waals surface area contributed by atoms with E-state index < -0.39 is 72.3 Å². The molecule has 44 heavy (non-hydrogen) atoms. The zero-order valence-electron chi connectivity index (χ0n) is 24.8. The molecule has 1 aromatic heterocycles. The summed E-state index contributed by atoms with van der Waals surface area (Å²) in [6.45, 7) is 2.71. The third kappa shape index (κ3) is 11.5. The molecule has 1 aromatic carbocycles. The minimum absolute atomic E-state index is 0.00804. The van der Waals surface area contributed by atoms with E-state index in [-0.39, 0.29) is 25.0 Å². The number of nitrogens with zero attached hydrogens (tertiary/aromatic N) is 1. The van der Waals surface area contributed by atoms with Crippen LogP contribution in [0.5, 0.6) is 5.75 Å². The lowest BCUT2D eigenvalue weighted by Gasteiger charge is -2.28. The molecule has 0 spiro atoms. The number of carboxylic acid groups (broad SMARTS) is 1. The van der Waals surface area contributed by atoms with Crippen LogP contribution >= 0.6 is 11.8 Å². The fraction of sp³-hybridized carbons (Fsp3) is 0.500. The smallest absolute Gasteiger partial charge is 0.326 e. The van der Waals surface area contributed by atoms with Gasteiger partial charge in [0, 0.05) is 24.7 Å². The Morgan fingerprint density at radius 3 is 2.07 bits per heavy atom. The summed E-state index contributed by atoms with van der Waals surface area (Å²) in [6.07, 6.45) is 4.76. The van der Waals surface area contributed by atoms with E-state index in [1.54, 1.807) is 26.0 Å². The van der Waals surface area contributed by atoms with E-state index >= 15 is 0 Å². The Morgan fingerprint density at radius 1 is 0.909 bits per heavy atom. The number of thioether (sulfide) groups is 1. The van der Waals surface area contributed by atoms with Gasteiger partial charge in [-0.15, -0.1) is 0 Å². The van der Waals surface area contributed by atoms with E-state index in [0.29, 0.717) is 17.0 Å². The van der Waals surface area contributed by atoms with Gasteiger partial charge < -0.3 is 47.3 Å². The number of phenols is 1. The number of phenolic OH excluding ortho intramolecular Hbond substituents is 1. The van der Waals surface area contributed by atoms with E-state index in [9.17, 15) is 39.3 Å². The third-order valence-electron chi connectivity index (χ3n) is 6.63. The number of hydrogen-bond donors (Lipinski definition) is 9. The highest BCUT2D eigenvalue weighted by Crippen LogP contribution is 2.13. The van der Waals surface area contributed by atoms with Crippen LogP contribution in [0.1, 0.15) is 31.5 Å². The lowest BCUT2D eigenvalue weighted by molar-refractivity contribution is -0.142. The highest BCUT2D eigenvalue weighted by atomic mass is 32.2. The third-order valence-corrected chi connectivity index (χ3v) is 7.27. The fourth-order valence-electron chi connectivity index (χ4n) is 4.08. The summed E-state index contributed by atoms with van der Waals surface area (Å²) >= 11 is 1.43. The highest BCUT2D eigenvalue weighted by Gasteiger charge is 2.33. The second-order valence-corrected chi connectivity index (χ2v) is 11.5. The topological polar surface area (TPSA) is 249 Å². The van der Waals surface area contributed by atoms with E-state index in [1.807, 2.05) is 6.26 Å². The van der Waals surface area contributed by atoms with Crippen LogP contribution < -0.4 is 27.0 Å². The number of nitrogens with two attached hydrogens (primary N) is 1. The predicted octanol–water partition coefficient (Wildman–Crippen LogP) is -1.35. The van der Waals surface area contributed by atoms with E-state index in [0.717, 1.165) is 0 Å². The van der Waals surface area contributed by atoms with Crippen LogP contribution in [0.2, 0.25) is 0 Å². The van der Waals surface area contributed by atoms with Crippen molar-refractivity contribution >= 4 is 41.4 Å². The van der Waals surface area contributed by atoms with Crippen LogP contribution in [0, 0.1) is 5.92 Å². The first kappa shape index (κ1) is 36.0. The molecule has 0 aliphatic rings. The Labute approximate surface area is 259 Å². The molecule has 2 rings (SSSR count). The number of aromatic amines is 1. The molecule has 4 amide bonds. The number of hydrogen-bond acceptors (Lipinski definition) is 10. The summed E-state index contributed by atoms with van der Waals surface area (Å²) in [5.41, 5.74) is 6.70. The van der Waals surface area contributed by atoms with Crippen molar-refractivity contribution in [2.75, 3.05) is 18.6 Å². The quantitative estimate of drug-likeness (QED) is 0.0926. The second kappa shape index (κ2) is 17.8. The minimum Gasteiger partial charge on any atom is -0.508 e. The molecule has 0 unspecified atom stereocenters. The Bertz CT molecular complexity index is 1240. The fourth-order valence-corrected chi connectivity index (χ4v) is 4.55. The lowest BCUT2D eigenvalue weighted by atomic mass is 10.00. The van der Waals surface area contributed by atoms with Gasteiger partial charge in [-0.2, -0.15) is 11.8 Å². The van der Waals surface area contributed by atoms with E-state index in [2.05, 4.69) is 31.2 Å². The zero-order chi connectivity index (χ0) is 32.8. The number of nitrogens with one attached hydrogen (secondary N) is 5. The summed E-state index contributed by atoms with van der Waals surface area (Å²) in [5, 5.41) is 38.8. The number of imidazole rings is 1. The number of carboxylic acids is 1. The van der Waals surface area contributed by atoms with Crippen LogP contribution in [-0.2, 0) is 36.8 Å². The number of aromatic nitrogens is 2. The predicted molar refractivity (Wildman–Crippen MR) is 162 cm³/mol. The average molecular weight is 636 g/mol. The van der Waals surface area contributed by atoms with Crippen molar-refractivity contribution in [3.63, 3.8) is 0 Å². The number of H-pyrrole nitrogens is 1. The number of aromatic hydroxyl groups is 1. The van der Waals surface area contributed by atoms with Gasteiger partial charge in [-0.25, -0.2) is 9.78 Å². The first-order chi connectivity index (χ1) is 20.9. The summed E-state index contributed by atoms with van der Waals surface area (Å²) < 4.78 is 0. The number of carbonyl (C=O) groups is 5. The maximum absolute atomic E-state index is 13.5. The molecule has 2 aromatic rings. The van der Waals surface area contributed by atoms with Crippen LogP contribution in [-0.4, -0.2) is 104 Å². The van der Waals surface area contributed by atoms with E-state index in [4.69, 9.17) is 5.73 Å². The first-order valence-electron chi connectivity index (χ1n) is 13.9. The molecule has 15 nitrogen and oxygen atoms in total. The normalized spacial score (nSPS) is 14.5. The van der Waals surface area contributed by atoms with Crippen molar-refractivity contribution in [3.05, 3.63) is 48.0 Å². The van der Waals surface area contributed by atoms with Crippen LogP contribution in [0.4, 0.5) is 0 Å². The minimum atomic E-state index is -1.29. The van der Waals surface area contributed by atoms with Gasteiger partial charge in [0.1, 0.15) is 36.0 Å². The summed E-state index contributed by atoms with van der Waals surface area (Å²) in [7, 11) is 0. The number of rotatable bonds is 18. The van der Waals surface area contributed by atoms with Gasteiger partial charge in [0.25, 0.3) is 0 Å². The molecule has 1 heterocycles. The van der Waals surface area contributed by atoms with Crippen molar-refractivity contribution in [3.8, 4) is 5.75 Å². The maximum atomic E-state index is 13.5. The molecule has 0 bridgehead atoms. The standard InChI is InChI=1S/C28H41N7O8S/c1-15(2)23(35-26(40)21(33-24(38)19(29)13-36)10-16-4-6-18(37)7-5-16)27(41)32-20(8-9-44-3)25(39)34-22(28(42)43)11-17-12-30-14-31-17/h4-7,12,14-15,19-23,36-37H,8-11,13,29H2,1-3H3,(H,30,31)(H,32,41)(H,33,38)(H,34,39)(H,35,40)(H,42,43)/t19-,20-,21-,22-,23-/m0/s1. The number of aliphatic hydroxyl groups is 1. The average Bonchev–Trinajstić information content (AvgIpc) is 3.50. The first-order valence-corrected chi connectivity index (χ1v) is 15.3. The number of benzene rings is 1. The number of amides is 4. The molecule has 16 heteroatoms. The summed E-state index contributed by atoms with van der Waals surface area (Å²) in [6, 6.07) is -0.0603. The molecular formula is C28H41N7O8S. The van der Waals surface area contributed by atoms with Gasteiger partial charge in [-0.1, -0.05) is 26.0 Å². The Kier molecular flexibility index (Phi) is 14.6. The monoisotopic (exact) mass is 635 g/mol. The molecule has 5 atom stereocenters. The SMILES string of the molecule is CSCC[C@H](NC(=O)[C@@H](NC(=O)[C@H](Cc1ccc(O)cc1)NC(=O)[C@@H](N)CO)C(C)C)C(=O)N[C@@H](Cc1cnc[nH]1)C(=O)O. The molecule has 0 aliphatic carbocycles. The summed E-state index contributed by atoms with van der Waals surface area (Å²) in [5.74, 6) is -4.14. The molecule has 10 N–H and O–H groups in total. The zero-order valence-corrected chi connectivity index (χ0v) is 25.6. The van der Waals surface area contributed by atoms with Crippen molar-refractivity contribution in [2.24, 2.45) is 11.7 Å². The molecule has 0 saturated carbocycles. The van der Waals surface area contributed by atoms with Crippen LogP contribution in [0.25, 0.3) is 0 Å². The molecule has 0 fully saturated rings. The molecule has 242 valence electrons. The van der Waals surface area contributed by atoms with Crippen molar-refractivity contribution in [1.82, 2.24) is 31.2 Å². The second-order valence-electron chi connectivity index (χ2n) is 10.5. The van der Waals surface area contributed by atoms with Gasteiger partial charge >= 0.3 is 5.97 Å². The van der Waals surface area contributed by atoms with Gasteiger partial charge in [-0.3, -0.25) is 19.2 Å². The van der Waals surface area contributed by atoms with Crippen molar-refractivity contribution in [1.29, 1.82) is 0 Å². The molecular weight excluding hydrogens is 594 g/mol. The molecule has 0 aliphatic heterocycles. The summed E-state index contributed by atoms with van der Waals surface area (Å²) in [4.78, 5) is 71.0. The number of aliphatic carboxylic acids is 1. The Morgan fingerprint density at radius 2 is 1.52 bits per heavy atom. The molecule has 0 saturated heterocycles. The largest absolute Gasteiger partial charge is 0.508 e. The van der Waals surface area contributed by atoms with Crippen molar-refractivity contribution < 1.29 is 39.3 Å². The van der Waals surface area contributed by atoms with Crippen LogP contribution in [0.15, 0.2) is 36.8 Å². The van der Waals surface area contributed by atoms with E-state index in [1.165, 1.54) is 36.4 Å². The van der Waals surface area contributed by atoms with Crippen molar-refractivity contribution in [2.45, 2.75) is 63.3 Å². The van der Waals surface area contributed by atoms with Gasteiger partial charge in [0.2, 0.25) is 23.6 Å². The Hall–Kier alpha value is -4.15. The lowest BCUT2D eigenvalue weighted by Crippen LogP contribution is -2.60. The molecule has 0 radical (unpaired) electrons. The Balaban J connectivity index is 2.21. The van der Waals surface area contributed by atoms with Gasteiger partial charge in [-0.05, 0) is 42.0 Å². The number of carbonyl (C=O) groups excluding carboxylic acids is 4. The van der Waals surface area contributed by atoms with Gasteiger partial charge in [0.15, 0.2) is 0 Å². The highest BCUT2D eigenvalue weighted by molar-refractivity contribution is 7.98. The van der Waals surface area contributed by atoms with Gasteiger partial charge in [0.05, 0.1) is 12.9 Å². The van der Waals surface area contributed by atoms with Crippen LogP contribution in [0.3, 0.4) is 0 Å². The maximum Gasteiger partial charge on any atom is 0.326 e.